The summed E-state index contributed by atoms with van der Waals surface area (Å²) < 4.78 is 22.3. The van der Waals surface area contributed by atoms with E-state index in [9.17, 15) is 8.42 Å². The number of hydrogen-bond donors (Lipinski definition) is 3. The van der Waals surface area contributed by atoms with Gasteiger partial charge in [0.25, 0.3) is 0 Å². The molecule has 0 radical (unpaired) electrons. The van der Waals surface area contributed by atoms with Gasteiger partial charge in [-0.05, 0) is 30.9 Å². The molecule has 0 fully saturated rings. The Hall–Kier alpha value is -0.520. The molecule has 1 rings (SSSR count). The van der Waals surface area contributed by atoms with E-state index in [1.807, 2.05) is 6.92 Å². The van der Waals surface area contributed by atoms with Crippen molar-refractivity contribution in [2.24, 2.45) is 10.1 Å². The van der Waals surface area contributed by atoms with Gasteiger partial charge in [-0.3, -0.25) is 0 Å². The topological polar surface area (TPSA) is 96.6 Å². The van der Waals surface area contributed by atoms with Gasteiger partial charge in [0, 0.05) is 18.8 Å². The molecular weight excluding hydrogens is 435 g/mol. The van der Waals surface area contributed by atoms with Crippen molar-refractivity contribution in [1.29, 1.82) is 0 Å². The highest BCUT2D eigenvalue weighted by Crippen LogP contribution is 2.09. The third kappa shape index (κ3) is 8.20. The fourth-order valence-corrected chi connectivity index (χ4v) is 2.39. The first-order valence-electron chi connectivity index (χ1n) is 6.60. The van der Waals surface area contributed by atoms with Crippen LogP contribution in [0.25, 0.3) is 0 Å². The van der Waals surface area contributed by atoms with Crippen LogP contribution in [-0.4, -0.2) is 39.5 Å². The van der Waals surface area contributed by atoms with Crippen molar-refractivity contribution < 1.29 is 8.42 Å². The van der Waals surface area contributed by atoms with Crippen molar-refractivity contribution in [3.05, 3.63) is 29.8 Å². The first kappa shape index (κ1) is 21.5. The van der Waals surface area contributed by atoms with E-state index >= 15 is 0 Å². The van der Waals surface area contributed by atoms with Crippen LogP contribution in [0.5, 0.6) is 0 Å². The highest BCUT2D eigenvalue weighted by Gasteiger charge is 2.06. The summed E-state index contributed by atoms with van der Waals surface area (Å²) in [6, 6.07) is 6.42. The number of primary sulfonamides is 1. The summed E-state index contributed by atoms with van der Waals surface area (Å²) in [6.07, 6.45) is 2.05. The minimum atomic E-state index is -3.64. The van der Waals surface area contributed by atoms with Crippen molar-refractivity contribution in [3.8, 4) is 0 Å². The minimum absolute atomic E-state index is 0. The average molecular weight is 458 g/mol. The maximum atomic E-state index is 11.2. The summed E-state index contributed by atoms with van der Waals surface area (Å²) in [5.74, 6) is 1.76. The van der Waals surface area contributed by atoms with E-state index < -0.39 is 10.0 Å². The van der Waals surface area contributed by atoms with Crippen LogP contribution in [0.4, 0.5) is 0 Å². The number of aliphatic imine (C=N–C) groups is 1. The summed E-state index contributed by atoms with van der Waals surface area (Å²) >= 11 is 1.77. The zero-order valence-corrected chi connectivity index (χ0v) is 16.7. The predicted octanol–water partition coefficient (Wildman–Crippen LogP) is 1.37. The maximum Gasteiger partial charge on any atom is 0.238 e. The van der Waals surface area contributed by atoms with Crippen LogP contribution in [0, 0.1) is 0 Å². The monoisotopic (exact) mass is 458 g/mol. The van der Waals surface area contributed by atoms with Gasteiger partial charge in [0.1, 0.15) is 0 Å². The molecule has 0 amide bonds. The molecule has 9 heteroatoms. The number of nitrogens with zero attached hydrogens (tertiary/aromatic N) is 1. The standard InChI is InChI=1S/C13H22N4O2S2.HI/c1-3-15-13(16-8-9-20-2)17-10-11-4-6-12(7-5-11)21(14,18)19;/h4-7H,3,8-10H2,1-2H3,(H2,14,18,19)(H2,15,16,17);1H. The fourth-order valence-electron chi connectivity index (χ4n) is 1.57. The lowest BCUT2D eigenvalue weighted by Gasteiger charge is -2.10. The summed E-state index contributed by atoms with van der Waals surface area (Å²) in [7, 11) is -3.64. The van der Waals surface area contributed by atoms with Crippen LogP contribution >= 0.6 is 35.7 Å². The largest absolute Gasteiger partial charge is 0.357 e. The SMILES string of the molecule is CCNC(=NCc1ccc(S(N)(=O)=O)cc1)NCCSC.I. The summed E-state index contributed by atoms with van der Waals surface area (Å²) in [6.45, 7) is 4.11. The Morgan fingerprint density at radius 2 is 1.91 bits per heavy atom. The molecule has 1 aromatic carbocycles. The highest BCUT2D eigenvalue weighted by atomic mass is 127. The number of rotatable bonds is 7. The normalized spacial score (nSPS) is 11.7. The molecule has 0 saturated carbocycles. The van der Waals surface area contributed by atoms with E-state index in [1.54, 1.807) is 23.9 Å². The molecule has 0 bridgehead atoms. The number of halogens is 1. The second-order valence-electron chi connectivity index (χ2n) is 4.30. The van der Waals surface area contributed by atoms with E-state index in [4.69, 9.17) is 5.14 Å². The van der Waals surface area contributed by atoms with Gasteiger partial charge in [-0.2, -0.15) is 11.8 Å². The molecule has 4 N–H and O–H groups in total. The van der Waals surface area contributed by atoms with Crippen LogP contribution in [-0.2, 0) is 16.6 Å². The number of guanidine groups is 1. The van der Waals surface area contributed by atoms with Crippen LogP contribution in [0.1, 0.15) is 12.5 Å². The first-order valence-corrected chi connectivity index (χ1v) is 9.54. The third-order valence-electron chi connectivity index (χ3n) is 2.61. The fraction of sp³-hybridized carbons (Fsp3) is 0.462. The van der Waals surface area contributed by atoms with Crippen molar-refractivity contribution in [2.45, 2.75) is 18.4 Å². The highest BCUT2D eigenvalue weighted by molar-refractivity contribution is 14.0. The molecule has 0 saturated heterocycles. The average Bonchev–Trinajstić information content (AvgIpc) is 2.44. The van der Waals surface area contributed by atoms with Gasteiger partial charge in [-0.1, -0.05) is 12.1 Å². The van der Waals surface area contributed by atoms with E-state index in [1.165, 1.54) is 12.1 Å². The Morgan fingerprint density at radius 1 is 1.27 bits per heavy atom. The Morgan fingerprint density at radius 3 is 2.41 bits per heavy atom. The third-order valence-corrected chi connectivity index (χ3v) is 4.16. The molecule has 0 aliphatic heterocycles. The van der Waals surface area contributed by atoms with Gasteiger partial charge in [0.05, 0.1) is 11.4 Å². The Balaban J connectivity index is 0.00000441. The number of nitrogens with two attached hydrogens (primary N) is 1. The zero-order chi connectivity index (χ0) is 15.7. The van der Waals surface area contributed by atoms with Gasteiger partial charge in [0.2, 0.25) is 10.0 Å². The maximum absolute atomic E-state index is 11.2. The van der Waals surface area contributed by atoms with Gasteiger partial charge in [-0.25, -0.2) is 18.5 Å². The lowest BCUT2D eigenvalue weighted by atomic mass is 10.2. The second kappa shape index (κ2) is 11.1. The van der Waals surface area contributed by atoms with Gasteiger partial charge >= 0.3 is 0 Å². The van der Waals surface area contributed by atoms with Crippen molar-refractivity contribution in [3.63, 3.8) is 0 Å². The predicted molar refractivity (Wildman–Crippen MR) is 104 cm³/mol. The van der Waals surface area contributed by atoms with E-state index in [-0.39, 0.29) is 28.9 Å². The molecule has 0 aromatic heterocycles. The lowest BCUT2D eigenvalue weighted by Crippen LogP contribution is -2.38. The number of thioether (sulfide) groups is 1. The van der Waals surface area contributed by atoms with E-state index in [2.05, 4.69) is 21.9 Å². The Kier molecular flexibility index (Phi) is 10.8. The number of hydrogen-bond acceptors (Lipinski definition) is 4. The van der Waals surface area contributed by atoms with Crippen LogP contribution in [0.15, 0.2) is 34.2 Å². The van der Waals surface area contributed by atoms with E-state index in [0.717, 1.165) is 30.4 Å². The molecule has 0 unspecified atom stereocenters. The van der Waals surface area contributed by atoms with Gasteiger partial charge in [0.15, 0.2) is 5.96 Å². The molecule has 6 nitrogen and oxygen atoms in total. The summed E-state index contributed by atoms with van der Waals surface area (Å²) in [5, 5.41) is 11.5. The van der Waals surface area contributed by atoms with Crippen LogP contribution in [0.3, 0.4) is 0 Å². The summed E-state index contributed by atoms with van der Waals surface area (Å²) in [5.41, 5.74) is 0.921. The molecule has 0 heterocycles. The van der Waals surface area contributed by atoms with E-state index in [0.29, 0.717) is 6.54 Å². The van der Waals surface area contributed by atoms with Crippen molar-refractivity contribution >= 4 is 51.7 Å². The molecular formula is C13H23IN4O2S2. The second-order valence-corrected chi connectivity index (χ2v) is 6.85. The molecule has 0 aliphatic carbocycles. The number of benzene rings is 1. The minimum Gasteiger partial charge on any atom is -0.357 e. The first-order chi connectivity index (χ1) is 9.97. The number of sulfonamides is 1. The van der Waals surface area contributed by atoms with Crippen LogP contribution in [0.2, 0.25) is 0 Å². The van der Waals surface area contributed by atoms with Crippen molar-refractivity contribution in [2.75, 3.05) is 25.1 Å². The Labute approximate surface area is 153 Å². The quantitative estimate of drug-likeness (QED) is 0.248. The molecule has 22 heavy (non-hydrogen) atoms. The number of nitrogens with one attached hydrogen (secondary N) is 2. The molecule has 1 aromatic rings. The zero-order valence-electron chi connectivity index (χ0n) is 12.7. The van der Waals surface area contributed by atoms with Gasteiger partial charge in [-0.15, -0.1) is 24.0 Å². The smallest absolute Gasteiger partial charge is 0.238 e. The Bertz CT molecular complexity index is 562. The molecule has 0 atom stereocenters. The van der Waals surface area contributed by atoms with Crippen LogP contribution < -0.4 is 15.8 Å². The van der Waals surface area contributed by atoms with Gasteiger partial charge < -0.3 is 10.6 Å². The molecule has 0 aliphatic rings. The molecule has 126 valence electrons. The summed E-state index contributed by atoms with van der Waals surface area (Å²) in [4.78, 5) is 4.56. The molecule has 0 spiro atoms. The lowest BCUT2D eigenvalue weighted by molar-refractivity contribution is 0.598. The van der Waals surface area contributed by atoms with Crippen molar-refractivity contribution in [1.82, 2.24) is 10.6 Å².